The molecule has 0 spiro atoms. The second-order valence-corrected chi connectivity index (χ2v) is 11.9. The molecule has 2 amide bonds. The lowest BCUT2D eigenvalue weighted by Crippen LogP contribution is -2.71. The number of hydrogen-bond donors (Lipinski definition) is 4. The Morgan fingerprint density at radius 2 is 1.41 bits per heavy atom. The average molecular weight is 639 g/mol. The largest absolute Gasteiger partial charge is 0.484 e. The summed E-state index contributed by atoms with van der Waals surface area (Å²) < 4.78 is 59.4. The number of carbonyl (C=O) groups is 2. The Balaban J connectivity index is 1.39. The van der Waals surface area contributed by atoms with Gasteiger partial charge < -0.3 is 34.6 Å². The van der Waals surface area contributed by atoms with E-state index in [4.69, 9.17) is 47.2 Å². The maximum absolute atomic E-state index is 13.7. The Kier molecular flexibility index (Phi) is 9.80. The van der Waals surface area contributed by atoms with Gasteiger partial charge in [-0.15, -0.1) is 0 Å². The summed E-state index contributed by atoms with van der Waals surface area (Å²) in [7, 11) is -4.83. The fourth-order valence-electron chi connectivity index (χ4n) is 5.11. The average Bonchev–Trinajstić information content (AvgIpc) is 2.90. The van der Waals surface area contributed by atoms with Crippen molar-refractivity contribution in [2.75, 3.05) is 20.0 Å². The van der Waals surface area contributed by atoms with Crippen LogP contribution in [0.1, 0.15) is 32.1 Å². The summed E-state index contributed by atoms with van der Waals surface area (Å²) >= 11 is 11.3. The molecular formula is C25H27Cl2F2N2O9P. The number of ether oxygens (including phenoxy) is 3. The quantitative estimate of drug-likeness (QED) is 0.200. The standard InChI is InChI=1S/C25H27Cl2F2N2O9P/c26-17-3-1-15(9-19(17)28)37-12-22(32)30-24-5-7-25(8-6-24,21(11-24)39-14-40-41(34,35)36)31-23(33)13-38-16-2-4-18(27)20(29)10-16/h1-4,9-10,21H,5-8,11-14H2,(H,30,32)(H,31,33)(H2,34,35,36)/t21-,24?,25?/m0/s1. The molecule has 4 N–H and O–H groups in total. The maximum atomic E-state index is 13.7. The fourth-order valence-corrected chi connectivity index (χ4v) is 5.54. The number of benzene rings is 2. The first kappa shape index (κ1) is 31.4. The van der Waals surface area contributed by atoms with Crippen molar-refractivity contribution in [1.82, 2.24) is 10.6 Å². The minimum atomic E-state index is -4.83. The molecular weight excluding hydrogens is 612 g/mol. The molecule has 11 nitrogen and oxygen atoms in total. The molecule has 41 heavy (non-hydrogen) atoms. The normalized spacial score (nSPS) is 23.6. The van der Waals surface area contributed by atoms with Crippen LogP contribution >= 0.6 is 31.0 Å². The van der Waals surface area contributed by atoms with Crippen molar-refractivity contribution in [3.05, 3.63) is 58.1 Å². The molecule has 3 fully saturated rings. The van der Waals surface area contributed by atoms with Gasteiger partial charge in [0.2, 0.25) is 0 Å². The van der Waals surface area contributed by atoms with Crippen LogP contribution in [0.25, 0.3) is 0 Å². The predicted molar refractivity (Wildman–Crippen MR) is 142 cm³/mol. The lowest BCUT2D eigenvalue weighted by atomic mass is 9.59. The number of phosphoric acid groups is 1. The van der Waals surface area contributed by atoms with Gasteiger partial charge in [-0.2, -0.15) is 0 Å². The molecule has 3 saturated carbocycles. The molecule has 16 heteroatoms. The van der Waals surface area contributed by atoms with E-state index in [1.165, 1.54) is 24.3 Å². The minimum absolute atomic E-state index is 0.0834. The van der Waals surface area contributed by atoms with E-state index in [9.17, 15) is 22.9 Å². The number of carbonyl (C=O) groups excluding carboxylic acids is 2. The minimum Gasteiger partial charge on any atom is -0.484 e. The van der Waals surface area contributed by atoms with Crippen LogP contribution < -0.4 is 20.1 Å². The zero-order valence-corrected chi connectivity index (χ0v) is 23.8. The molecule has 0 heterocycles. The Labute approximate surface area is 243 Å². The van der Waals surface area contributed by atoms with Crippen LogP contribution in [0.15, 0.2) is 36.4 Å². The summed E-state index contributed by atoms with van der Waals surface area (Å²) in [6, 6.07) is 7.54. The van der Waals surface area contributed by atoms with Crippen molar-refractivity contribution in [2.45, 2.75) is 49.3 Å². The Morgan fingerprint density at radius 1 is 0.902 bits per heavy atom. The van der Waals surface area contributed by atoms with E-state index >= 15 is 0 Å². The number of phosphoric ester groups is 1. The first-order valence-corrected chi connectivity index (χ1v) is 14.7. The summed E-state index contributed by atoms with van der Waals surface area (Å²) in [5.74, 6) is -2.19. The molecule has 2 aromatic rings. The zero-order chi connectivity index (χ0) is 29.8. The monoisotopic (exact) mass is 638 g/mol. The Morgan fingerprint density at radius 3 is 1.90 bits per heavy atom. The van der Waals surface area contributed by atoms with E-state index in [-0.39, 0.29) is 28.0 Å². The van der Waals surface area contributed by atoms with E-state index in [2.05, 4.69) is 15.2 Å². The van der Waals surface area contributed by atoms with E-state index in [0.717, 1.165) is 12.1 Å². The van der Waals surface area contributed by atoms with Crippen molar-refractivity contribution in [1.29, 1.82) is 0 Å². The summed E-state index contributed by atoms with van der Waals surface area (Å²) in [6.45, 7) is -1.61. The highest BCUT2D eigenvalue weighted by molar-refractivity contribution is 7.46. The van der Waals surface area contributed by atoms with Crippen molar-refractivity contribution in [3.63, 3.8) is 0 Å². The summed E-state index contributed by atoms with van der Waals surface area (Å²) in [6.07, 6.45) is 0.952. The number of hydrogen-bond acceptors (Lipinski definition) is 7. The predicted octanol–water partition coefficient (Wildman–Crippen LogP) is 3.87. The number of rotatable bonds is 12. The molecule has 224 valence electrons. The highest BCUT2D eigenvalue weighted by Gasteiger charge is 2.56. The van der Waals surface area contributed by atoms with Gasteiger partial charge in [-0.05, 0) is 56.4 Å². The van der Waals surface area contributed by atoms with Crippen molar-refractivity contribution >= 4 is 42.8 Å². The summed E-state index contributed by atoms with van der Waals surface area (Å²) in [5, 5.41) is 5.66. The molecule has 0 aromatic heterocycles. The molecule has 0 saturated heterocycles. The lowest BCUT2D eigenvalue weighted by molar-refractivity contribution is -0.154. The summed E-state index contributed by atoms with van der Waals surface area (Å²) in [5.41, 5.74) is -1.71. The number of fused-ring (bicyclic) bond motifs is 3. The zero-order valence-electron chi connectivity index (χ0n) is 21.4. The lowest BCUT2D eigenvalue weighted by Gasteiger charge is -2.57. The summed E-state index contributed by atoms with van der Waals surface area (Å²) in [4.78, 5) is 43.7. The van der Waals surface area contributed by atoms with E-state index in [1.54, 1.807) is 0 Å². The van der Waals surface area contributed by atoms with Gasteiger partial charge in [-0.25, -0.2) is 13.3 Å². The Bertz CT molecular complexity index is 1340. The van der Waals surface area contributed by atoms with Gasteiger partial charge in [-0.1, -0.05) is 23.2 Å². The number of nitrogens with one attached hydrogen (secondary N) is 2. The van der Waals surface area contributed by atoms with Crippen LogP contribution in [0.3, 0.4) is 0 Å². The first-order valence-electron chi connectivity index (χ1n) is 12.4. The van der Waals surface area contributed by atoms with E-state index in [0.29, 0.717) is 25.7 Å². The van der Waals surface area contributed by atoms with Crippen molar-refractivity contribution < 1.29 is 51.5 Å². The van der Waals surface area contributed by atoms with E-state index < -0.39 is 68.5 Å². The van der Waals surface area contributed by atoms with Crippen LogP contribution in [0.2, 0.25) is 10.0 Å². The third-order valence-electron chi connectivity index (χ3n) is 7.10. The SMILES string of the molecule is O=C(COc1ccc(Cl)c(F)c1)NC12CCC(NC(=O)COc3ccc(Cl)c(F)c3)(CC1)[C@@H](OCOP(=O)(O)O)C2. The molecule has 3 aliphatic carbocycles. The van der Waals surface area contributed by atoms with Crippen molar-refractivity contribution in [3.8, 4) is 11.5 Å². The van der Waals surface area contributed by atoms with Crippen LogP contribution in [0.4, 0.5) is 8.78 Å². The first-order chi connectivity index (χ1) is 19.3. The molecule has 2 bridgehead atoms. The molecule has 0 aliphatic heterocycles. The van der Waals surface area contributed by atoms with Crippen LogP contribution in [0.5, 0.6) is 11.5 Å². The fraction of sp³-hybridized carbons (Fsp3) is 0.440. The molecule has 1 atom stereocenters. The second-order valence-electron chi connectivity index (χ2n) is 9.86. The van der Waals surface area contributed by atoms with Gasteiger partial charge in [0.25, 0.3) is 11.8 Å². The second kappa shape index (κ2) is 12.8. The molecule has 0 unspecified atom stereocenters. The smallest absolute Gasteiger partial charge is 0.471 e. The van der Waals surface area contributed by atoms with Gasteiger partial charge in [0.05, 0.1) is 21.7 Å². The molecule has 3 aliphatic rings. The topological polar surface area (TPSA) is 153 Å². The van der Waals surface area contributed by atoms with Gasteiger partial charge in [0.15, 0.2) is 20.0 Å². The van der Waals surface area contributed by atoms with Gasteiger partial charge in [0, 0.05) is 17.7 Å². The number of halogens is 4. The van der Waals surface area contributed by atoms with Gasteiger partial charge >= 0.3 is 7.82 Å². The highest BCUT2D eigenvalue weighted by Crippen LogP contribution is 2.48. The third kappa shape index (κ3) is 8.29. The number of amides is 2. The molecule has 2 aromatic carbocycles. The van der Waals surface area contributed by atoms with Gasteiger partial charge in [-0.3, -0.25) is 14.1 Å². The van der Waals surface area contributed by atoms with Crippen LogP contribution in [0, 0.1) is 11.6 Å². The third-order valence-corrected chi connectivity index (χ3v) is 8.15. The highest BCUT2D eigenvalue weighted by atomic mass is 35.5. The maximum Gasteiger partial charge on any atom is 0.471 e. The molecule has 5 rings (SSSR count). The van der Waals surface area contributed by atoms with Gasteiger partial charge in [0.1, 0.15) is 23.1 Å². The van der Waals surface area contributed by atoms with Crippen LogP contribution in [-0.4, -0.2) is 58.8 Å². The van der Waals surface area contributed by atoms with Crippen LogP contribution in [-0.2, 0) is 23.4 Å². The molecule has 0 radical (unpaired) electrons. The van der Waals surface area contributed by atoms with E-state index in [1.807, 2.05) is 0 Å². The van der Waals surface area contributed by atoms with Crippen molar-refractivity contribution in [2.24, 2.45) is 0 Å². The Hall–Kier alpha value is -2.51.